The minimum absolute atomic E-state index is 0.00858. The number of benzene rings is 1. The molecule has 1 aromatic heterocycles. The van der Waals surface area contributed by atoms with Crippen LogP contribution in [0.15, 0.2) is 36.5 Å². The number of piperazine rings is 1. The molecule has 2 N–H and O–H groups in total. The predicted octanol–water partition coefficient (Wildman–Crippen LogP) is 2.03. The molecule has 29 heavy (non-hydrogen) atoms. The summed E-state index contributed by atoms with van der Waals surface area (Å²) in [5, 5.41) is 5.95. The maximum absolute atomic E-state index is 12.4. The lowest BCUT2D eigenvalue weighted by Crippen LogP contribution is -2.49. The molecule has 2 amide bonds. The molecule has 0 unspecified atom stereocenters. The number of carbonyl (C=O) groups excluding carboxylic acids is 2. The molecule has 1 atom stereocenters. The third-order valence-corrected chi connectivity index (χ3v) is 5.80. The van der Waals surface area contributed by atoms with Gasteiger partial charge in [0.15, 0.2) is 0 Å². The van der Waals surface area contributed by atoms with Gasteiger partial charge in [-0.3, -0.25) is 14.5 Å². The molecule has 0 bridgehead atoms. The quantitative estimate of drug-likeness (QED) is 0.730. The minimum atomic E-state index is -0.700. The minimum Gasteiger partial charge on any atom is -0.353 e. The highest BCUT2D eigenvalue weighted by atomic mass is 35.5. The van der Waals surface area contributed by atoms with Crippen molar-refractivity contribution in [3.63, 3.8) is 0 Å². The van der Waals surface area contributed by atoms with Gasteiger partial charge in [-0.15, -0.1) is 0 Å². The van der Waals surface area contributed by atoms with Crippen molar-refractivity contribution in [3.8, 4) is 0 Å². The summed E-state index contributed by atoms with van der Waals surface area (Å²) in [6.07, 6.45) is 1.99. The number of hydrogen-bond acceptors (Lipinski definition) is 4. The molecule has 0 aliphatic carbocycles. The topological polar surface area (TPSA) is 69.6 Å². The third kappa shape index (κ3) is 5.38. The van der Waals surface area contributed by atoms with Gasteiger partial charge in [-0.05, 0) is 43.8 Å². The number of halogens is 1. The molecule has 0 radical (unpaired) electrons. The Morgan fingerprint density at radius 2 is 1.83 bits per heavy atom. The van der Waals surface area contributed by atoms with E-state index >= 15 is 0 Å². The van der Waals surface area contributed by atoms with E-state index in [1.807, 2.05) is 26.2 Å². The second-order valence-electron chi connectivity index (χ2n) is 7.53. The van der Waals surface area contributed by atoms with Crippen molar-refractivity contribution in [2.75, 3.05) is 45.1 Å². The van der Waals surface area contributed by atoms with E-state index in [1.54, 1.807) is 18.2 Å². The van der Waals surface area contributed by atoms with Crippen molar-refractivity contribution >= 4 is 29.1 Å². The van der Waals surface area contributed by atoms with Gasteiger partial charge in [0.05, 0.1) is 6.04 Å². The third-order valence-electron chi connectivity index (χ3n) is 5.40. The van der Waals surface area contributed by atoms with Crippen LogP contribution in [0.5, 0.6) is 0 Å². The van der Waals surface area contributed by atoms with Gasteiger partial charge in [0.1, 0.15) is 0 Å². The second-order valence-corrected chi connectivity index (χ2v) is 7.93. The van der Waals surface area contributed by atoms with Crippen LogP contribution in [0.3, 0.4) is 0 Å². The van der Waals surface area contributed by atoms with Gasteiger partial charge in [-0.1, -0.05) is 17.7 Å². The van der Waals surface area contributed by atoms with E-state index < -0.39 is 11.8 Å². The maximum Gasteiger partial charge on any atom is 0.313 e. The zero-order chi connectivity index (χ0) is 21.0. The highest BCUT2D eigenvalue weighted by Gasteiger charge is 2.27. The van der Waals surface area contributed by atoms with Crippen LogP contribution in [0, 0.1) is 6.92 Å². The Labute approximate surface area is 176 Å². The first-order valence-electron chi connectivity index (χ1n) is 9.74. The Bertz CT molecular complexity index is 874. The number of nitrogens with zero attached hydrogens (tertiary/aromatic N) is 3. The monoisotopic (exact) mass is 417 g/mol. The number of hydrogen-bond donors (Lipinski definition) is 2. The molecule has 156 valence electrons. The van der Waals surface area contributed by atoms with Crippen LogP contribution >= 0.6 is 11.6 Å². The van der Waals surface area contributed by atoms with Crippen molar-refractivity contribution in [3.05, 3.63) is 52.8 Å². The zero-order valence-corrected chi connectivity index (χ0v) is 17.9. The van der Waals surface area contributed by atoms with E-state index in [0.29, 0.717) is 17.3 Å². The standard InChI is InChI=1S/C21H28ClN5O2/c1-15-6-7-16(13-17(15)22)24-21(29)20(28)23-14-19(18-5-4-8-26(18)3)27-11-9-25(2)10-12-27/h4-8,13,19H,9-12,14H2,1-3H3,(H,23,28)(H,24,29)/t19-/m0/s1. The number of amides is 2. The maximum atomic E-state index is 12.4. The molecule has 2 heterocycles. The molecule has 1 fully saturated rings. The van der Waals surface area contributed by atoms with Crippen LogP contribution in [-0.4, -0.2) is 66.0 Å². The van der Waals surface area contributed by atoms with Crippen molar-refractivity contribution in [2.24, 2.45) is 7.05 Å². The summed E-state index contributed by atoms with van der Waals surface area (Å²) in [4.78, 5) is 29.3. The van der Waals surface area contributed by atoms with Gasteiger partial charge in [0.25, 0.3) is 0 Å². The smallest absolute Gasteiger partial charge is 0.313 e. The summed E-state index contributed by atoms with van der Waals surface area (Å²) in [6, 6.07) is 9.23. The Morgan fingerprint density at radius 1 is 1.10 bits per heavy atom. The predicted molar refractivity (Wildman–Crippen MR) is 115 cm³/mol. The summed E-state index contributed by atoms with van der Waals surface area (Å²) in [7, 11) is 4.10. The van der Waals surface area contributed by atoms with Crippen molar-refractivity contribution in [1.29, 1.82) is 0 Å². The first kappa shape index (κ1) is 21.4. The summed E-state index contributed by atoms with van der Waals surface area (Å²) in [6.45, 7) is 6.02. The van der Waals surface area contributed by atoms with E-state index in [-0.39, 0.29) is 6.04 Å². The largest absolute Gasteiger partial charge is 0.353 e. The van der Waals surface area contributed by atoms with Crippen LogP contribution in [0.1, 0.15) is 17.3 Å². The Hall–Kier alpha value is -2.35. The Balaban J connectivity index is 1.63. The average molecular weight is 418 g/mol. The summed E-state index contributed by atoms with van der Waals surface area (Å²) >= 11 is 6.08. The Kier molecular flexibility index (Phi) is 6.95. The second kappa shape index (κ2) is 9.43. The van der Waals surface area contributed by atoms with Crippen LogP contribution in [0.2, 0.25) is 5.02 Å². The van der Waals surface area contributed by atoms with Crippen LogP contribution in [0.4, 0.5) is 5.69 Å². The summed E-state index contributed by atoms with van der Waals surface area (Å²) in [5.41, 5.74) is 2.52. The molecule has 2 aromatic rings. The van der Waals surface area contributed by atoms with Gasteiger partial charge in [0.2, 0.25) is 0 Å². The average Bonchev–Trinajstić information content (AvgIpc) is 3.12. The number of aromatic nitrogens is 1. The van der Waals surface area contributed by atoms with Crippen molar-refractivity contribution in [1.82, 2.24) is 19.7 Å². The highest BCUT2D eigenvalue weighted by molar-refractivity contribution is 6.39. The van der Waals surface area contributed by atoms with E-state index in [4.69, 9.17) is 11.6 Å². The molecule has 7 nitrogen and oxygen atoms in total. The normalized spacial score (nSPS) is 16.4. The summed E-state index contributed by atoms with van der Waals surface area (Å²) < 4.78 is 2.06. The lowest BCUT2D eigenvalue weighted by Gasteiger charge is -2.38. The van der Waals surface area contributed by atoms with E-state index in [1.165, 1.54) is 0 Å². The molecule has 1 aliphatic rings. The number of nitrogens with one attached hydrogen (secondary N) is 2. The van der Waals surface area contributed by atoms with E-state index in [0.717, 1.165) is 37.4 Å². The van der Waals surface area contributed by atoms with Crippen LogP contribution < -0.4 is 10.6 Å². The highest BCUT2D eigenvalue weighted by Crippen LogP contribution is 2.22. The SMILES string of the molecule is Cc1ccc(NC(=O)C(=O)NC[C@@H](c2cccn2C)N2CCN(C)CC2)cc1Cl. The van der Waals surface area contributed by atoms with Gasteiger partial charge in [0, 0.05) is 62.4 Å². The summed E-state index contributed by atoms with van der Waals surface area (Å²) in [5.74, 6) is -1.36. The fourth-order valence-electron chi connectivity index (χ4n) is 3.50. The number of aryl methyl sites for hydroxylation is 2. The number of carbonyl (C=O) groups is 2. The van der Waals surface area contributed by atoms with Gasteiger partial charge >= 0.3 is 11.8 Å². The number of rotatable bonds is 5. The first-order chi connectivity index (χ1) is 13.8. The van der Waals surface area contributed by atoms with Crippen molar-refractivity contribution < 1.29 is 9.59 Å². The zero-order valence-electron chi connectivity index (χ0n) is 17.1. The Morgan fingerprint density at radius 3 is 2.45 bits per heavy atom. The molecular formula is C21H28ClN5O2. The van der Waals surface area contributed by atoms with Crippen LogP contribution in [0.25, 0.3) is 0 Å². The molecule has 0 spiro atoms. The molecule has 0 saturated carbocycles. The van der Waals surface area contributed by atoms with Crippen LogP contribution in [-0.2, 0) is 16.6 Å². The molecule has 3 rings (SSSR count). The lowest BCUT2D eigenvalue weighted by atomic mass is 10.1. The fraction of sp³-hybridized carbons (Fsp3) is 0.429. The number of anilines is 1. The fourth-order valence-corrected chi connectivity index (χ4v) is 3.68. The van der Waals surface area contributed by atoms with Crippen molar-refractivity contribution in [2.45, 2.75) is 13.0 Å². The molecule has 1 saturated heterocycles. The molecule has 1 aliphatic heterocycles. The lowest BCUT2D eigenvalue weighted by molar-refractivity contribution is -0.136. The number of likely N-dealkylation sites (N-methyl/N-ethyl adjacent to an activating group) is 1. The van der Waals surface area contributed by atoms with Gasteiger partial charge < -0.3 is 20.1 Å². The van der Waals surface area contributed by atoms with E-state index in [9.17, 15) is 9.59 Å². The van der Waals surface area contributed by atoms with E-state index in [2.05, 4.69) is 38.1 Å². The molecule has 1 aromatic carbocycles. The molecule has 8 heteroatoms. The molecular weight excluding hydrogens is 390 g/mol. The van der Waals surface area contributed by atoms with Gasteiger partial charge in [-0.25, -0.2) is 0 Å². The first-order valence-corrected chi connectivity index (χ1v) is 10.1. The van der Waals surface area contributed by atoms with Gasteiger partial charge in [-0.2, -0.15) is 0 Å².